The van der Waals surface area contributed by atoms with Crippen LogP contribution in [-0.2, 0) is 10.0 Å². The largest absolute Gasteiger partial charge is 0.246 e. The molecule has 7 heteroatoms. The van der Waals surface area contributed by atoms with Crippen LogP contribution in [0, 0.1) is 5.92 Å². The summed E-state index contributed by atoms with van der Waals surface area (Å²) in [4.78, 5) is 3.96. The zero-order valence-corrected chi connectivity index (χ0v) is 14.7. The van der Waals surface area contributed by atoms with Crippen molar-refractivity contribution in [1.29, 1.82) is 0 Å². The molecule has 0 radical (unpaired) electrons. The number of pyridine rings is 1. The minimum atomic E-state index is -3.61. The summed E-state index contributed by atoms with van der Waals surface area (Å²) >= 11 is 9.19. The minimum Gasteiger partial charge on any atom is -0.242 e. The van der Waals surface area contributed by atoms with Crippen LogP contribution in [0.2, 0.25) is 5.15 Å². The number of hydrogen-bond donors (Lipinski definition) is 0. The average molecular weight is 382 g/mol. The SMILES string of the molecule is CC1CCCC(N(C)S(=O)(=O)c2cc(Br)cnc2Cl)C1. The fraction of sp³-hybridized carbons (Fsp3) is 0.615. The van der Waals surface area contributed by atoms with E-state index < -0.39 is 10.0 Å². The lowest BCUT2D eigenvalue weighted by Crippen LogP contribution is -2.39. The molecule has 2 unspecified atom stereocenters. The smallest absolute Gasteiger partial charge is 0.242 e. The Morgan fingerprint density at radius 2 is 2.15 bits per heavy atom. The molecule has 1 saturated carbocycles. The third-order valence-corrected chi connectivity index (χ3v) is 6.62. The lowest BCUT2D eigenvalue weighted by molar-refractivity contribution is 0.239. The molecule has 0 aromatic carbocycles. The molecule has 1 aliphatic rings. The first-order valence-corrected chi connectivity index (χ1v) is 9.22. The van der Waals surface area contributed by atoms with E-state index >= 15 is 0 Å². The number of aromatic nitrogens is 1. The van der Waals surface area contributed by atoms with Gasteiger partial charge in [-0.2, -0.15) is 4.31 Å². The van der Waals surface area contributed by atoms with Crippen LogP contribution in [-0.4, -0.2) is 30.8 Å². The first-order chi connectivity index (χ1) is 9.32. The summed E-state index contributed by atoms with van der Waals surface area (Å²) < 4.78 is 27.4. The molecule has 0 bridgehead atoms. The lowest BCUT2D eigenvalue weighted by Gasteiger charge is -2.33. The highest BCUT2D eigenvalue weighted by atomic mass is 79.9. The summed E-state index contributed by atoms with van der Waals surface area (Å²) in [5, 5.41) is 0.0175. The minimum absolute atomic E-state index is 0.0175. The Morgan fingerprint density at radius 3 is 2.80 bits per heavy atom. The second-order valence-corrected chi connectivity index (χ2v) is 8.63. The van der Waals surface area contributed by atoms with Crippen LogP contribution in [0.4, 0.5) is 0 Å². The standard InChI is InChI=1S/C13H18BrClN2O2S/c1-9-4-3-5-11(6-9)17(2)20(18,19)12-7-10(14)8-16-13(12)15/h7-9,11H,3-6H2,1-2H3. The van der Waals surface area contributed by atoms with E-state index in [-0.39, 0.29) is 16.1 Å². The zero-order chi connectivity index (χ0) is 14.9. The lowest BCUT2D eigenvalue weighted by atomic mass is 9.87. The van der Waals surface area contributed by atoms with Crippen molar-refractivity contribution in [1.82, 2.24) is 9.29 Å². The maximum Gasteiger partial charge on any atom is 0.246 e. The van der Waals surface area contributed by atoms with Gasteiger partial charge in [0, 0.05) is 23.8 Å². The predicted octanol–water partition coefficient (Wildman–Crippen LogP) is 3.70. The number of halogens is 2. The molecular weight excluding hydrogens is 364 g/mol. The van der Waals surface area contributed by atoms with Crippen LogP contribution in [0.5, 0.6) is 0 Å². The van der Waals surface area contributed by atoms with Crippen molar-refractivity contribution in [2.75, 3.05) is 7.05 Å². The molecular formula is C13H18BrClN2O2S. The van der Waals surface area contributed by atoms with Crippen molar-refractivity contribution in [3.63, 3.8) is 0 Å². The first-order valence-electron chi connectivity index (χ1n) is 6.61. The van der Waals surface area contributed by atoms with Crippen molar-refractivity contribution in [3.05, 3.63) is 21.9 Å². The van der Waals surface area contributed by atoms with Gasteiger partial charge in [0.2, 0.25) is 10.0 Å². The molecule has 1 aromatic rings. The van der Waals surface area contributed by atoms with Gasteiger partial charge in [0.1, 0.15) is 10.0 Å². The van der Waals surface area contributed by atoms with Gasteiger partial charge in [-0.3, -0.25) is 0 Å². The maximum atomic E-state index is 12.7. The van der Waals surface area contributed by atoms with Gasteiger partial charge in [0.25, 0.3) is 0 Å². The van der Waals surface area contributed by atoms with E-state index in [4.69, 9.17) is 11.6 Å². The topological polar surface area (TPSA) is 50.3 Å². The number of rotatable bonds is 3. The molecule has 2 atom stereocenters. The number of sulfonamides is 1. The molecule has 20 heavy (non-hydrogen) atoms. The van der Waals surface area contributed by atoms with Crippen molar-refractivity contribution in [2.24, 2.45) is 5.92 Å². The van der Waals surface area contributed by atoms with Gasteiger partial charge in [-0.1, -0.05) is 31.4 Å². The Bertz CT molecular complexity index is 594. The molecule has 112 valence electrons. The first kappa shape index (κ1) is 16.2. The summed E-state index contributed by atoms with van der Waals surface area (Å²) in [6.07, 6.45) is 5.53. The highest BCUT2D eigenvalue weighted by Gasteiger charge is 2.32. The Kier molecular flexibility index (Phi) is 5.10. The monoisotopic (exact) mass is 380 g/mol. The number of hydrogen-bond acceptors (Lipinski definition) is 3. The predicted molar refractivity (Wildman–Crippen MR) is 83.3 cm³/mol. The summed E-state index contributed by atoms with van der Waals surface area (Å²) in [5.74, 6) is 0.558. The van der Waals surface area contributed by atoms with Gasteiger partial charge in [0.15, 0.2) is 0 Å². The van der Waals surface area contributed by atoms with E-state index in [1.807, 2.05) is 0 Å². The van der Waals surface area contributed by atoms with E-state index in [9.17, 15) is 8.42 Å². The van der Waals surface area contributed by atoms with Gasteiger partial charge in [0.05, 0.1) is 0 Å². The second-order valence-electron chi connectivity index (χ2n) is 5.39. The zero-order valence-electron chi connectivity index (χ0n) is 11.5. The normalized spacial score (nSPS) is 24.1. The Labute approximate surface area is 133 Å². The second kappa shape index (κ2) is 6.30. The highest BCUT2D eigenvalue weighted by Crippen LogP contribution is 2.32. The van der Waals surface area contributed by atoms with Crippen molar-refractivity contribution in [2.45, 2.75) is 43.5 Å². The van der Waals surface area contributed by atoms with Crippen molar-refractivity contribution >= 4 is 37.6 Å². The summed E-state index contributed by atoms with van der Waals surface area (Å²) in [7, 11) is -1.97. The Balaban J connectivity index is 2.31. The van der Waals surface area contributed by atoms with Crippen molar-refractivity contribution < 1.29 is 8.42 Å². The quantitative estimate of drug-likeness (QED) is 0.750. The van der Waals surface area contributed by atoms with Crippen LogP contribution in [0.3, 0.4) is 0 Å². The van der Waals surface area contributed by atoms with Gasteiger partial charge in [-0.05, 0) is 40.8 Å². The molecule has 0 amide bonds. The van der Waals surface area contributed by atoms with E-state index in [1.54, 1.807) is 7.05 Å². The summed E-state index contributed by atoms with van der Waals surface area (Å²) in [6, 6.07) is 1.55. The molecule has 0 saturated heterocycles. The van der Waals surface area contributed by atoms with Gasteiger partial charge in [-0.25, -0.2) is 13.4 Å². The fourth-order valence-electron chi connectivity index (χ4n) is 2.67. The third-order valence-electron chi connectivity index (χ3n) is 3.85. The van der Waals surface area contributed by atoms with Gasteiger partial charge in [-0.15, -0.1) is 0 Å². The van der Waals surface area contributed by atoms with Crippen LogP contribution in [0.15, 0.2) is 21.6 Å². The average Bonchev–Trinajstić information content (AvgIpc) is 2.40. The van der Waals surface area contributed by atoms with Crippen LogP contribution >= 0.6 is 27.5 Å². The van der Waals surface area contributed by atoms with E-state index in [2.05, 4.69) is 27.8 Å². The molecule has 0 aliphatic heterocycles. The highest BCUT2D eigenvalue weighted by molar-refractivity contribution is 9.10. The Morgan fingerprint density at radius 1 is 1.45 bits per heavy atom. The van der Waals surface area contributed by atoms with Crippen LogP contribution in [0.1, 0.15) is 32.6 Å². The third kappa shape index (κ3) is 3.35. The maximum absolute atomic E-state index is 12.7. The Hall–Kier alpha value is -0.170. The molecule has 1 fully saturated rings. The van der Waals surface area contributed by atoms with Crippen molar-refractivity contribution in [3.8, 4) is 0 Å². The van der Waals surface area contributed by atoms with Crippen LogP contribution in [0.25, 0.3) is 0 Å². The fourth-order valence-corrected chi connectivity index (χ4v) is 4.98. The molecule has 1 aliphatic carbocycles. The van der Waals surface area contributed by atoms with Gasteiger partial charge < -0.3 is 0 Å². The van der Waals surface area contributed by atoms with E-state index in [1.165, 1.54) is 23.0 Å². The molecule has 1 aromatic heterocycles. The summed E-state index contributed by atoms with van der Waals surface area (Å²) in [6.45, 7) is 2.17. The van der Waals surface area contributed by atoms with Gasteiger partial charge >= 0.3 is 0 Å². The van der Waals surface area contributed by atoms with E-state index in [0.717, 1.165) is 19.3 Å². The summed E-state index contributed by atoms with van der Waals surface area (Å²) in [5.41, 5.74) is 0. The molecule has 1 heterocycles. The molecule has 2 rings (SSSR count). The van der Waals surface area contributed by atoms with Crippen LogP contribution < -0.4 is 0 Å². The molecule has 4 nitrogen and oxygen atoms in total. The molecule has 0 spiro atoms. The van der Waals surface area contributed by atoms with E-state index in [0.29, 0.717) is 10.4 Å². The molecule has 0 N–H and O–H groups in total. The number of nitrogens with zero attached hydrogens (tertiary/aromatic N) is 2.